The van der Waals surface area contributed by atoms with Gasteiger partial charge in [-0.1, -0.05) is 12.1 Å². The van der Waals surface area contributed by atoms with Gasteiger partial charge in [-0.3, -0.25) is 4.79 Å². The molecule has 0 spiro atoms. The van der Waals surface area contributed by atoms with Crippen LogP contribution < -0.4 is 4.90 Å². The number of rotatable bonds is 1. The van der Waals surface area contributed by atoms with Crippen LogP contribution in [0.25, 0.3) is 0 Å². The highest BCUT2D eigenvalue weighted by Crippen LogP contribution is 2.33. The second-order valence-electron chi connectivity index (χ2n) is 5.56. The number of amides is 1. The number of carbonyl (C=O) groups is 1. The molecule has 96 valence electrons. The van der Waals surface area contributed by atoms with E-state index in [1.165, 1.54) is 12.8 Å². The molecule has 1 unspecified atom stereocenters. The summed E-state index contributed by atoms with van der Waals surface area (Å²) in [6.45, 7) is 6.16. The van der Waals surface area contributed by atoms with Crippen molar-refractivity contribution in [1.82, 2.24) is 4.90 Å². The zero-order valence-corrected chi connectivity index (χ0v) is 11.1. The van der Waals surface area contributed by atoms with Gasteiger partial charge in [-0.25, -0.2) is 0 Å². The lowest BCUT2D eigenvalue weighted by molar-refractivity contribution is 0.0703. The zero-order valence-electron chi connectivity index (χ0n) is 11.1. The molecule has 0 N–H and O–H groups in total. The molecule has 18 heavy (non-hydrogen) atoms. The van der Waals surface area contributed by atoms with Gasteiger partial charge in [0.2, 0.25) is 0 Å². The Balaban J connectivity index is 2.09. The molecule has 0 bridgehead atoms. The summed E-state index contributed by atoms with van der Waals surface area (Å²) in [4.78, 5) is 17.1. The zero-order chi connectivity index (χ0) is 12.7. The van der Waals surface area contributed by atoms with Crippen LogP contribution in [-0.2, 0) is 0 Å². The van der Waals surface area contributed by atoms with Crippen LogP contribution in [0, 0.1) is 0 Å². The Morgan fingerprint density at radius 1 is 1.28 bits per heavy atom. The van der Waals surface area contributed by atoms with Crippen molar-refractivity contribution in [2.24, 2.45) is 0 Å². The molecule has 1 aromatic carbocycles. The summed E-state index contributed by atoms with van der Waals surface area (Å²) in [5.41, 5.74) is 2.00. The lowest BCUT2D eigenvalue weighted by atomic mass is 10.1. The van der Waals surface area contributed by atoms with Gasteiger partial charge in [-0.2, -0.15) is 0 Å². The van der Waals surface area contributed by atoms with E-state index < -0.39 is 0 Å². The van der Waals surface area contributed by atoms with Gasteiger partial charge in [0.15, 0.2) is 0 Å². The molecule has 1 atom stereocenters. The van der Waals surface area contributed by atoms with E-state index in [9.17, 15) is 4.79 Å². The molecule has 2 aliphatic rings. The van der Waals surface area contributed by atoms with Crippen molar-refractivity contribution in [3.05, 3.63) is 29.8 Å². The van der Waals surface area contributed by atoms with E-state index >= 15 is 0 Å². The van der Waals surface area contributed by atoms with Gasteiger partial charge in [0.25, 0.3) is 5.91 Å². The average molecular weight is 244 g/mol. The van der Waals surface area contributed by atoms with Crippen LogP contribution in [0.4, 0.5) is 5.69 Å². The van der Waals surface area contributed by atoms with Crippen molar-refractivity contribution in [3.63, 3.8) is 0 Å². The second kappa shape index (κ2) is 4.30. The summed E-state index contributed by atoms with van der Waals surface area (Å²) in [6.07, 6.45) is 2.43. The predicted molar refractivity (Wildman–Crippen MR) is 73.0 cm³/mol. The quantitative estimate of drug-likeness (QED) is 0.758. The van der Waals surface area contributed by atoms with Crippen LogP contribution in [0.15, 0.2) is 24.3 Å². The SMILES string of the molecule is CC(C)N1CC2CCCN2c2ccccc2C1=O. The van der Waals surface area contributed by atoms with E-state index in [1.54, 1.807) is 0 Å². The first kappa shape index (κ1) is 11.6. The van der Waals surface area contributed by atoms with E-state index in [0.29, 0.717) is 6.04 Å². The van der Waals surface area contributed by atoms with Gasteiger partial charge >= 0.3 is 0 Å². The number of nitrogens with zero attached hydrogens (tertiary/aromatic N) is 2. The highest BCUT2D eigenvalue weighted by molar-refractivity contribution is 6.00. The van der Waals surface area contributed by atoms with Crippen molar-refractivity contribution in [1.29, 1.82) is 0 Å². The topological polar surface area (TPSA) is 23.6 Å². The Labute approximate surface area is 108 Å². The normalized spacial score (nSPS) is 23.1. The third-order valence-corrected chi connectivity index (χ3v) is 4.11. The first-order valence-corrected chi connectivity index (χ1v) is 6.85. The van der Waals surface area contributed by atoms with Crippen LogP contribution in [0.1, 0.15) is 37.0 Å². The summed E-state index contributed by atoms with van der Waals surface area (Å²) in [5, 5.41) is 0. The summed E-state index contributed by atoms with van der Waals surface area (Å²) in [7, 11) is 0. The number of benzene rings is 1. The fourth-order valence-electron chi connectivity index (χ4n) is 3.16. The van der Waals surface area contributed by atoms with E-state index in [4.69, 9.17) is 0 Å². The molecule has 1 fully saturated rings. The second-order valence-corrected chi connectivity index (χ2v) is 5.56. The van der Waals surface area contributed by atoms with Crippen molar-refractivity contribution in [3.8, 4) is 0 Å². The van der Waals surface area contributed by atoms with Crippen LogP contribution in [-0.4, -0.2) is 36.0 Å². The third kappa shape index (κ3) is 1.69. The molecular weight excluding hydrogens is 224 g/mol. The largest absolute Gasteiger partial charge is 0.366 e. The van der Waals surface area contributed by atoms with Crippen LogP contribution in [0.2, 0.25) is 0 Å². The van der Waals surface area contributed by atoms with Gasteiger partial charge < -0.3 is 9.80 Å². The molecule has 0 radical (unpaired) electrons. The minimum atomic E-state index is 0.190. The van der Waals surface area contributed by atoms with E-state index in [1.807, 2.05) is 23.1 Å². The van der Waals surface area contributed by atoms with Crippen LogP contribution in [0.3, 0.4) is 0 Å². The first-order valence-electron chi connectivity index (χ1n) is 6.85. The Morgan fingerprint density at radius 2 is 2.06 bits per heavy atom. The molecule has 3 heteroatoms. The van der Waals surface area contributed by atoms with Crippen molar-refractivity contribution in [2.75, 3.05) is 18.0 Å². The molecule has 1 amide bonds. The molecule has 3 rings (SSSR count). The van der Waals surface area contributed by atoms with E-state index in [2.05, 4.69) is 24.8 Å². The Hall–Kier alpha value is -1.51. The van der Waals surface area contributed by atoms with Crippen molar-refractivity contribution >= 4 is 11.6 Å². The average Bonchev–Trinajstić information content (AvgIpc) is 2.78. The van der Waals surface area contributed by atoms with Gasteiger partial charge in [-0.15, -0.1) is 0 Å². The molecule has 0 aliphatic carbocycles. The number of para-hydroxylation sites is 1. The predicted octanol–water partition coefficient (Wildman–Crippen LogP) is 2.52. The maximum atomic E-state index is 12.6. The summed E-state index contributed by atoms with van der Waals surface area (Å²) < 4.78 is 0. The highest BCUT2D eigenvalue weighted by atomic mass is 16.2. The van der Waals surface area contributed by atoms with Crippen LogP contribution >= 0.6 is 0 Å². The van der Waals surface area contributed by atoms with Gasteiger partial charge in [-0.05, 0) is 38.8 Å². The minimum absolute atomic E-state index is 0.190. The van der Waals surface area contributed by atoms with E-state index in [0.717, 1.165) is 24.3 Å². The summed E-state index contributed by atoms with van der Waals surface area (Å²) in [6, 6.07) is 8.83. The van der Waals surface area contributed by atoms with E-state index in [-0.39, 0.29) is 11.9 Å². The van der Waals surface area contributed by atoms with Crippen molar-refractivity contribution < 1.29 is 4.79 Å². The molecule has 1 aromatic rings. The van der Waals surface area contributed by atoms with Gasteiger partial charge in [0.05, 0.1) is 5.56 Å². The molecule has 2 heterocycles. The summed E-state index contributed by atoms with van der Waals surface area (Å²) in [5.74, 6) is 0.190. The standard InChI is InChI=1S/C15H20N2O/c1-11(2)17-10-12-6-5-9-16(12)14-8-4-3-7-13(14)15(17)18/h3-4,7-8,11-12H,5-6,9-10H2,1-2H3. The molecule has 2 aliphatic heterocycles. The molecular formula is C15H20N2O. The molecule has 0 aromatic heterocycles. The Bertz CT molecular complexity index is 469. The Kier molecular flexibility index (Phi) is 2.77. The highest BCUT2D eigenvalue weighted by Gasteiger charge is 2.35. The van der Waals surface area contributed by atoms with Crippen LogP contribution in [0.5, 0.6) is 0 Å². The lowest BCUT2D eigenvalue weighted by Gasteiger charge is -2.29. The maximum Gasteiger partial charge on any atom is 0.256 e. The third-order valence-electron chi connectivity index (χ3n) is 4.11. The van der Waals surface area contributed by atoms with Gasteiger partial charge in [0.1, 0.15) is 0 Å². The fraction of sp³-hybridized carbons (Fsp3) is 0.533. The fourth-order valence-corrected chi connectivity index (χ4v) is 3.16. The Morgan fingerprint density at radius 3 is 2.83 bits per heavy atom. The van der Waals surface area contributed by atoms with Gasteiger partial charge in [0, 0.05) is 30.9 Å². The molecule has 0 saturated carbocycles. The molecule has 1 saturated heterocycles. The minimum Gasteiger partial charge on any atom is -0.366 e. The lowest BCUT2D eigenvalue weighted by Crippen LogP contribution is -2.43. The number of fused-ring (bicyclic) bond motifs is 3. The summed E-state index contributed by atoms with van der Waals surface area (Å²) >= 11 is 0. The number of anilines is 1. The molecule has 3 nitrogen and oxygen atoms in total. The number of hydrogen-bond acceptors (Lipinski definition) is 2. The van der Waals surface area contributed by atoms with Crippen molar-refractivity contribution in [2.45, 2.75) is 38.8 Å². The maximum absolute atomic E-state index is 12.6. The first-order chi connectivity index (χ1) is 8.68. The monoisotopic (exact) mass is 244 g/mol. The smallest absolute Gasteiger partial charge is 0.256 e. The number of hydrogen-bond donors (Lipinski definition) is 0. The number of carbonyl (C=O) groups excluding carboxylic acids is 1.